The number of carbonyl (C=O) groups excluding carboxylic acids is 1. The lowest BCUT2D eigenvalue weighted by Crippen LogP contribution is -2.26. The average Bonchev–Trinajstić information content (AvgIpc) is 2.98. The maximum Gasteiger partial charge on any atom is 0.416 e. The summed E-state index contributed by atoms with van der Waals surface area (Å²) in [6.45, 7) is 4.50. The van der Waals surface area contributed by atoms with Crippen LogP contribution >= 0.6 is 0 Å². The molecule has 1 aliphatic carbocycles. The van der Waals surface area contributed by atoms with Crippen molar-refractivity contribution in [3.05, 3.63) is 77.0 Å². The quantitative estimate of drug-likeness (QED) is 0.561. The first-order valence-electron chi connectivity index (χ1n) is 9.48. The molecule has 150 valence electrons. The Morgan fingerprint density at radius 3 is 2.28 bits per heavy atom. The minimum absolute atomic E-state index is 0.00883. The highest BCUT2D eigenvalue weighted by Gasteiger charge is 2.37. The number of nitrogens with zero attached hydrogens (tertiary/aromatic N) is 2. The summed E-state index contributed by atoms with van der Waals surface area (Å²) in [5, 5.41) is 4.71. The van der Waals surface area contributed by atoms with Crippen LogP contribution in [0.3, 0.4) is 0 Å². The molecule has 0 fully saturated rings. The van der Waals surface area contributed by atoms with Crippen molar-refractivity contribution in [1.29, 1.82) is 0 Å². The van der Waals surface area contributed by atoms with Gasteiger partial charge in [0.15, 0.2) is 5.78 Å². The largest absolute Gasteiger partial charge is 0.416 e. The lowest BCUT2D eigenvalue weighted by atomic mass is 9.75. The summed E-state index contributed by atoms with van der Waals surface area (Å²) in [7, 11) is 0. The van der Waals surface area contributed by atoms with Crippen molar-refractivity contribution in [2.24, 2.45) is 5.41 Å². The van der Waals surface area contributed by atoms with Crippen LogP contribution in [0.15, 0.2) is 54.6 Å². The van der Waals surface area contributed by atoms with E-state index in [1.807, 2.05) is 44.2 Å². The molecule has 0 saturated heterocycles. The second-order valence-electron chi connectivity index (χ2n) is 8.33. The zero-order valence-corrected chi connectivity index (χ0v) is 16.3. The summed E-state index contributed by atoms with van der Waals surface area (Å²) in [5.74, 6) is -0.00883. The smallest absolute Gasteiger partial charge is 0.294 e. The molecule has 3 aromatic rings. The van der Waals surface area contributed by atoms with E-state index in [1.165, 1.54) is 12.1 Å². The molecule has 0 aliphatic heterocycles. The zero-order chi connectivity index (χ0) is 20.8. The number of hydrogen-bond donors (Lipinski definition) is 0. The second kappa shape index (κ2) is 6.87. The highest BCUT2D eigenvalue weighted by molar-refractivity contribution is 6.04. The van der Waals surface area contributed by atoms with Gasteiger partial charge in [-0.15, -0.1) is 0 Å². The maximum absolute atomic E-state index is 13.0. The SMILES string of the molecule is CC1(C)CC(=O)c2c(nn(Cc3ccccc3)c2-c2ccc(C(F)(F)F)cc2)C1. The summed E-state index contributed by atoms with van der Waals surface area (Å²) < 4.78 is 40.7. The predicted octanol–water partition coefficient (Wildman–Crippen LogP) is 5.77. The van der Waals surface area contributed by atoms with Gasteiger partial charge in [-0.3, -0.25) is 9.48 Å². The number of hydrogen-bond acceptors (Lipinski definition) is 2. The Kier molecular flexibility index (Phi) is 4.60. The molecule has 1 heterocycles. The molecule has 0 bridgehead atoms. The molecule has 6 heteroatoms. The Balaban J connectivity index is 1.85. The molecule has 29 heavy (non-hydrogen) atoms. The van der Waals surface area contributed by atoms with E-state index < -0.39 is 11.7 Å². The van der Waals surface area contributed by atoms with Crippen molar-refractivity contribution >= 4 is 5.78 Å². The van der Waals surface area contributed by atoms with Gasteiger partial charge in [0.2, 0.25) is 0 Å². The number of Topliss-reactive ketones (excluding diaryl/α,β-unsaturated/α-hetero) is 1. The number of rotatable bonds is 3. The molecule has 1 aliphatic rings. The lowest BCUT2D eigenvalue weighted by molar-refractivity contribution is -0.137. The lowest BCUT2D eigenvalue weighted by Gasteiger charge is -2.27. The number of alkyl halides is 3. The fourth-order valence-electron chi connectivity index (χ4n) is 3.95. The van der Waals surface area contributed by atoms with Crippen molar-refractivity contribution in [3.63, 3.8) is 0 Å². The van der Waals surface area contributed by atoms with Crippen molar-refractivity contribution in [1.82, 2.24) is 9.78 Å². The molecule has 1 aromatic heterocycles. The third kappa shape index (κ3) is 3.84. The van der Waals surface area contributed by atoms with Crippen LogP contribution in [-0.2, 0) is 19.1 Å². The van der Waals surface area contributed by atoms with Crippen molar-refractivity contribution in [2.75, 3.05) is 0 Å². The van der Waals surface area contributed by atoms with Gasteiger partial charge in [0, 0.05) is 12.0 Å². The molecule has 2 aromatic carbocycles. The van der Waals surface area contributed by atoms with Crippen molar-refractivity contribution in [2.45, 2.75) is 39.4 Å². The number of aromatic nitrogens is 2. The highest BCUT2D eigenvalue weighted by Crippen LogP contribution is 2.40. The Morgan fingerprint density at radius 2 is 1.66 bits per heavy atom. The summed E-state index contributed by atoms with van der Waals surface area (Å²) in [5.41, 5.74) is 2.53. The fourth-order valence-corrected chi connectivity index (χ4v) is 3.95. The molecule has 0 amide bonds. The number of halogens is 3. The average molecular weight is 398 g/mol. The van der Waals surface area contributed by atoms with Crippen LogP contribution in [0.2, 0.25) is 0 Å². The zero-order valence-electron chi connectivity index (χ0n) is 16.3. The van der Waals surface area contributed by atoms with E-state index in [0.29, 0.717) is 36.2 Å². The van der Waals surface area contributed by atoms with E-state index in [-0.39, 0.29) is 11.2 Å². The summed E-state index contributed by atoms with van der Waals surface area (Å²) in [6, 6.07) is 14.6. The Bertz CT molecular complexity index is 1050. The third-order valence-corrected chi connectivity index (χ3v) is 5.25. The van der Waals surface area contributed by atoms with Gasteiger partial charge >= 0.3 is 6.18 Å². The van der Waals surface area contributed by atoms with Crippen LogP contribution in [0, 0.1) is 5.41 Å². The molecular weight excluding hydrogens is 377 g/mol. The van der Waals surface area contributed by atoms with Gasteiger partial charge in [-0.2, -0.15) is 18.3 Å². The topological polar surface area (TPSA) is 34.9 Å². The van der Waals surface area contributed by atoms with Crippen molar-refractivity contribution in [3.8, 4) is 11.3 Å². The Morgan fingerprint density at radius 1 is 1.00 bits per heavy atom. The molecule has 0 spiro atoms. The van der Waals surface area contributed by atoms with Crippen LogP contribution in [0.25, 0.3) is 11.3 Å². The second-order valence-corrected chi connectivity index (χ2v) is 8.33. The summed E-state index contributed by atoms with van der Waals surface area (Å²) in [4.78, 5) is 13.0. The number of fused-ring (bicyclic) bond motifs is 1. The van der Waals surface area contributed by atoms with Gasteiger partial charge in [-0.1, -0.05) is 56.3 Å². The van der Waals surface area contributed by atoms with Gasteiger partial charge in [0.05, 0.1) is 29.1 Å². The normalized spacial score (nSPS) is 16.0. The molecule has 4 rings (SSSR count). The van der Waals surface area contributed by atoms with Gasteiger partial charge in [-0.05, 0) is 29.5 Å². The predicted molar refractivity (Wildman–Crippen MR) is 105 cm³/mol. The number of carbonyl (C=O) groups is 1. The van der Waals surface area contributed by atoms with Crippen molar-refractivity contribution < 1.29 is 18.0 Å². The maximum atomic E-state index is 13.0. The first kappa shape index (κ1) is 19.4. The van der Waals surface area contributed by atoms with E-state index in [2.05, 4.69) is 0 Å². The van der Waals surface area contributed by atoms with Gasteiger partial charge < -0.3 is 0 Å². The molecule has 3 nitrogen and oxygen atoms in total. The number of benzene rings is 2. The third-order valence-electron chi connectivity index (χ3n) is 5.25. The molecule has 0 radical (unpaired) electrons. The van der Waals surface area contributed by atoms with Crippen LogP contribution in [0.4, 0.5) is 13.2 Å². The Labute approximate surface area is 167 Å². The van der Waals surface area contributed by atoms with Crippen LogP contribution in [0.5, 0.6) is 0 Å². The summed E-state index contributed by atoms with van der Waals surface area (Å²) >= 11 is 0. The molecule has 0 N–H and O–H groups in total. The molecule has 0 atom stereocenters. The van der Waals surface area contributed by atoms with Gasteiger partial charge in [0.25, 0.3) is 0 Å². The van der Waals surface area contributed by atoms with E-state index in [9.17, 15) is 18.0 Å². The van der Waals surface area contributed by atoms with Crippen LogP contribution < -0.4 is 0 Å². The van der Waals surface area contributed by atoms with Crippen LogP contribution in [-0.4, -0.2) is 15.6 Å². The van der Waals surface area contributed by atoms with E-state index in [1.54, 1.807) is 4.68 Å². The molecular formula is C23H21F3N2O. The highest BCUT2D eigenvalue weighted by atomic mass is 19.4. The van der Waals surface area contributed by atoms with E-state index in [0.717, 1.165) is 23.4 Å². The number of ketones is 1. The van der Waals surface area contributed by atoms with E-state index in [4.69, 9.17) is 5.10 Å². The first-order valence-corrected chi connectivity index (χ1v) is 9.48. The first-order chi connectivity index (χ1) is 13.6. The van der Waals surface area contributed by atoms with Crippen LogP contribution in [0.1, 0.15) is 47.4 Å². The summed E-state index contributed by atoms with van der Waals surface area (Å²) in [6.07, 6.45) is -3.35. The molecule has 0 saturated carbocycles. The monoisotopic (exact) mass is 398 g/mol. The fraction of sp³-hybridized carbons (Fsp3) is 0.304. The minimum Gasteiger partial charge on any atom is -0.294 e. The van der Waals surface area contributed by atoms with E-state index >= 15 is 0 Å². The standard InChI is InChI=1S/C23H21F3N2O/c1-22(2)12-18-20(19(29)13-22)21(16-8-10-17(11-9-16)23(24,25)26)28(27-18)14-15-6-4-3-5-7-15/h3-11H,12-14H2,1-2H3. The molecule has 0 unspecified atom stereocenters. The minimum atomic E-state index is -4.40. The van der Waals surface area contributed by atoms with Gasteiger partial charge in [0.1, 0.15) is 0 Å². The van der Waals surface area contributed by atoms with Gasteiger partial charge in [-0.25, -0.2) is 0 Å². The Hall–Kier alpha value is -2.89.